The lowest BCUT2D eigenvalue weighted by molar-refractivity contribution is -0.129. The van der Waals surface area contributed by atoms with Crippen molar-refractivity contribution in [2.45, 2.75) is 45.1 Å². The first kappa shape index (κ1) is 15.3. The van der Waals surface area contributed by atoms with Gasteiger partial charge in [-0.1, -0.05) is 24.4 Å². The Hall–Kier alpha value is -2.12. The van der Waals surface area contributed by atoms with E-state index in [1.807, 2.05) is 14.0 Å². The molecule has 1 atom stereocenters. The molecular weight excluding hydrogens is 272 g/mol. The molecule has 1 aromatic heterocycles. The summed E-state index contributed by atoms with van der Waals surface area (Å²) < 4.78 is 1.75. The fourth-order valence-electron chi connectivity index (χ4n) is 2.93. The quantitative estimate of drug-likeness (QED) is 0.327. The number of amides is 1. The summed E-state index contributed by atoms with van der Waals surface area (Å²) in [4.78, 5) is 12.7. The van der Waals surface area contributed by atoms with E-state index in [9.17, 15) is 4.79 Å². The van der Waals surface area contributed by atoms with Crippen LogP contribution in [0.15, 0.2) is 11.5 Å². The van der Waals surface area contributed by atoms with Gasteiger partial charge in [0.2, 0.25) is 5.91 Å². The number of nitrogens with one attached hydrogen (secondary N) is 1. The van der Waals surface area contributed by atoms with Gasteiger partial charge in [-0.2, -0.15) is 0 Å². The smallest absolute Gasteiger partial charge is 0.234 e. The molecule has 0 bridgehead atoms. The number of hydrogen-bond donors (Lipinski definition) is 3. The SMILES string of the molecule is CC(NC(=O)C1(C(N)=NO)CCCCC1)c1nncn1C. The highest BCUT2D eigenvalue weighted by molar-refractivity contribution is 6.06. The molecule has 1 aromatic rings. The second kappa shape index (κ2) is 6.11. The molecule has 1 aliphatic carbocycles. The number of rotatable bonds is 4. The summed E-state index contributed by atoms with van der Waals surface area (Å²) >= 11 is 0. The second-order valence-electron chi connectivity index (χ2n) is 5.62. The van der Waals surface area contributed by atoms with Crippen LogP contribution in [0.1, 0.15) is 50.9 Å². The average Bonchev–Trinajstić information content (AvgIpc) is 2.93. The zero-order chi connectivity index (χ0) is 15.5. The number of hydrogen-bond acceptors (Lipinski definition) is 5. The van der Waals surface area contributed by atoms with Gasteiger partial charge in [-0.05, 0) is 19.8 Å². The van der Waals surface area contributed by atoms with Crippen LogP contribution in [0.2, 0.25) is 0 Å². The van der Waals surface area contributed by atoms with Gasteiger partial charge >= 0.3 is 0 Å². The van der Waals surface area contributed by atoms with Crippen LogP contribution in [0.3, 0.4) is 0 Å². The zero-order valence-electron chi connectivity index (χ0n) is 12.4. The van der Waals surface area contributed by atoms with Crippen LogP contribution >= 0.6 is 0 Å². The van der Waals surface area contributed by atoms with E-state index in [1.165, 1.54) is 0 Å². The van der Waals surface area contributed by atoms with Crippen molar-refractivity contribution < 1.29 is 10.0 Å². The number of nitrogens with two attached hydrogens (primary N) is 1. The summed E-state index contributed by atoms with van der Waals surface area (Å²) in [6.45, 7) is 1.84. The first-order valence-corrected chi connectivity index (χ1v) is 7.14. The molecule has 1 unspecified atom stereocenters. The third-order valence-electron chi connectivity index (χ3n) is 4.22. The molecule has 4 N–H and O–H groups in total. The Kier molecular flexibility index (Phi) is 4.44. The summed E-state index contributed by atoms with van der Waals surface area (Å²) in [7, 11) is 1.82. The van der Waals surface area contributed by atoms with E-state index < -0.39 is 5.41 Å². The molecule has 0 aliphatic heterocycles. The molecule has 0 saturated heterocycles. The van der Waals surface area contributed by atoms with E-state index in [0.29, 0.717) is 18.7 Å². The molecule has 21 heavy (non-hydrogen) atoms. The molecule has 1 fully saturated rings. The average molecular weight is 294 g/mol. The molecule has 1 amide bonds. The maximum atomic E-state index is 12.7. The van der Waals surface area contributed by atoms with Crippen LogP contribution in [0, 0.1) is 5.41 Å². The lowest BCUT2D eigenvalue weighted by Crippen LogP contribution is -2.51. The molecule has 0 spiro atoms. The third-order valence-corrected chi connectivity index (χ3v) is 4.22. The van der Waals surface area contributed by atoms with Crippen molar-refractivity contribution >= 4 is 11.7 Å². The van der Waals surface area contributed by atoms with Crippen molar-refractivity contribution in [3.63, 3.8) is 0 Å². The Morgan fingerprint density at radius 1 is 1.52 bits per heavy atom. The Morgan fingerprint density at radius 2 is 2.19 bits per heavy atom. The number of aryl methyl sites for hydroxylation is 1. The van der Waals surface area contributed by atoms with Crippen LogP contribution in [0.5, 0.6) is 0 Å². The monoisotopic (exact) mass is 294 g/mol. The molecule has 8 heteroatoms. The third kappa shape index (κ3) is 2.84. The van der Waals surface area contributed by atoms with Gasteiger partial charge in [-0.25, -0.2) is 0 Å². The Balaban J connectivity index is 2.18. The van der Waals surface area contributed by atoms with Crippen molar-refractivity contribution in [2.24, 2.45) is 23.4 Å². The number of oxime groups is 1. The molecular formula is C13H22N6O2. The van der Waals surface area contributed by atoms with E-state index >= 15 is 0 Å². The summed E-state index contributed by atoms with van der Waals surface area (Å²) in [5.41, 5.74) is 4.90. The number of aromatic nitrogens is 3. The van der Waals surface area contributed by atoms with Gasteiger partial charge < -0.3 is 20.8 Å². The maximum absolute atomic E-state index is 12.7. The minimum atomic E-state index is -0.917. The number of nitrogens with zero attached hydrogens (tertiary/aromatic N) is 4. The maximum Gasteiger partial charge on any atom is 0.234 e. The van der Waals surface area contributed by atoms with Crippen molar-refractivity contribution in [3.8, 4) is 0 Å². The van der Waals surface area contributed by atoms with Gasteiger partial charge in [0.25, 0.3) is 0 Å². The van der Waals surface area contributed by atoms with E-state index in [-0.39, 0.29) is 17.8 Å². The Labute approximate surface area is 123 Å². The lowest BCUT2D eigenvalue weighted by atomic mass is 9.72. The Bertz CT molecular complexity index is 533. The first-order valence-electron chi connectivity index (χ1n) is 7.14. The normalized spacial score (nSPS) is 20.0. The number of carbonyl (C=O) groups is 1. The van der Waals surface area contributed by atoms with Gasteiger partial charge in [-0.15, -0.1) is 10.2 Å². The van der Waals surface area contributed by atoms with Crippen molar-refractivity contribution in [3.05, 3.63) is 12.2 Å². The highest BCUT2D eigenvalue weighted by Gasteiger charge is 2.44. The first-order chi connectivity index (χ1) is 10.0. The van der Waals surface area contributed by atoms with Crippen molar-refractivity contribution in [2.75, 3.05) is 0 Å². The minimum absolute atomic E-state index is 0.00938. The zero-order valence-corrected chi connectivity index (χ0v) is 12.4. The molecule has 1 aliphatic rings. The molecule has 1 saturated carbocycles. The lowest BCUT2D eigenvalue weighted by Gasteiger charge is -2.35. The number of amidine groups is 1. The molecule has 8 nitrogen and oxygen atoms in total. The molecule has 116 valence electrons. The van der Waals surface area contributed by atoms with Gasteiger partial charge in [-0.3, -0.25) is 4.79 Å². The standard InChI is InChI=1S/C13H22N6O2/c1-9(10-17-15-8-19(10)2)16-12(20)13(11(14)18-21)6-4-3-5-7-13/h8-9,21H,3-7H2,1-2H3,(H2,14,18)(H,16,20). The highest BCUT2D eigenvalue weighted by atomic mass is 16.4. The minimum Gasteiger partial charge on any atom is -0.409 e. The Morgan fingerprint density at radius 3 is 2.71 bits per heavy atom. The predicted molar refractivity (Wildman–Crippen MR) is 76.5 cm³/mol. The highest BCUT2D eigenvalue weighted by Crippen LogP contribution is 2.37. The summed E-state index contributed by atoms with van der Waals surface area (Å²) in [6, 6.07) is -0.296. The largest absolute Gasteiger partial charge is 0.409 e. The van der Waals surface area contributed by atoms with E-state index in [1.54, 1.807) is 10.9 Å². The topological polar surface area (TPSA) is 118 Å². The van der Waals surface area contributed by atoms with Crippen LogP contribution in [0.25, 0.3) is 0 Å². The van der Waals surface area contributed by atoms with Crippen LogP contribution < -0.4 is 11.1 Å². The molecule has 0 aromatic carbocycles. The summed E-state index contributed by atoms with van der Waals surface area (Å²) in [6.07, 6.45) is 5.62. The summed E-state index contributed by atoms with van der Waals surface area (Å²) in [5.74, 6) is 0.437. The van der Waals surface area contributed by atoms with E-state index in [2.05, 4.69) is 20.7 Å². The fraction of sp³-hybridized carbons (Fsp3) is 0.692. The van der Waals surface area contributed by atoms with Crippen molar-refractivity contribution in [1.82, 2.24) is 20.1 Å². The molecule has 2 rings (SSSR count). The van der Waals surface area contributed by atoms with Crippen LogP contribution in [-0.4, -0.2) is 31.7 Å². The fourth-order valence-corrected chi connectivity index (χ4v) is 2.93. The second-order valence-corrected chi connectivity index (χ2v) is 5.62. The predicted octanol–water partition coefficient (Wildman–Crippen LogP) is 0.689. The van der Waals surface area contributed by atoms with Gasteiger partial charge in [0, 0.05) is 7.05 Å². The van der Waals surface area contributed by atoms with Gasteiger partial charge in [0.1, 0.15) is 11.7 Å². The van der Waals surface area contributed by atoms with E-state index in [0.717, 1.165) is 19.3 Å². The molecule has 1 heterocycles. The summed E-state index contributed by atoms with van der Waals surface area (Å²) in [5, 5.41) is 22.8. The van der Waals surface area contributed by atoms with Gasteiger partial charge in [0.15, 0.2) is 11.7 Å². The van der Waals surface area contributed by atoms with Crippen LogP contribution in [0.4, 0.5) is 0 Å². The van der Waals surface area contributed by atoms with Crippen LogP contribution in [-0.2, 0) is 11.8 Å². The van der Waals surface area contributed by atoms with Crippen molar-refractivity contribution in [1.29, 1.82) is 0 Å². The number of carbonyl (C=O) groups excluding carboxylic acids is 1. The molecule has 0 radical (unpaired) electrons. The van der Waals surface area contributed by atoms with E-state index in [4.69, 9.17) is 10.9 Å². The van der Waals surface area contributed by atoms with Gasteiger partial charge in [0.05, 0.1) is 6.04 Å².